The smallest absolute Gasteiger partial charge is 0.416 e. The van der Waals surface area contributed by atoms with E-state index in [1.165, 1.54) is 42.3 Å². The van der Waals surface area contributed by atoms with E-state index >= 15 is 0 Å². The number of anilines is 1. The Morgan fingerprint density at radius 3 is 2.52 bits per heavy atom. The number of benzene rings is 2. The maximum absolute atomic E-state index is 14.2. The van der Waals surface area contributed by atoms with Crippen LogP contribution < -0.4 is 10.1 Å². The standard InChI is InChI=1S/C23H19F4N3O3/c1-12-9-16(13-3-5-14(6-4-13)23(25,26)27)21(31)20-19(11-28-30(12)20)29-22(32)17-10-15(33-2)7-8-18(17)24/h3-8,10-12,16H,9H2,1-2H3,(H,29,32)/t12-,16?/m0/s1. The first-order valence-electron chi connectivity index (χ1n) is 10.0. The minimum absolute atomic E-state index is 0.0932. The number of Topliss-reactive ketones (excluding diaryl/α,β-unsaturated/α-hetero) is 1. The maximum atomic E-state index is 14.2. The molecule has 1 N–H and O–H groups in total. The zero-order valence-corrected chi connectivity index (χ0v) is 17.6. The number of amides is 1. The highest BCUT2D eigenvalue weighted by Gasteiger charge is 2.37. The SMILES string of the molecule is COc1ccc(F)c(C(=O)Nc2cnn3c2C(=O)C(c2ccc(C(F)(F)F)cc2)C[C@@H]3C)c1. The van der Waals surface area contributed by atoms with Gasteiger partial charge >= 0.3 is 6.18 Å². The van der Waals surface area contributed by atoms with Gasteiger partial charge in [0.25, 0.3) is 5.91 Å². The fourth-order valence-electron chi connectivity index (χ4n) is 3.93. The number of ketones is 1. The lowest BCUT2D eigenvalue weighted by Gasteiger charge is -2.28. The Morgan fingerprint density at radius 2 is 1.88 bits per heavy atom. The van der Waals surface area contributed by atoms with Crippen LogP contribution in [0.1, 0.15) is 57.3 Å². The molecule has 2 atom stereocenters. The van der Waals surface area contributed by atoms with Crippen LogP contribution in [0.3, 0.4) is 0 Å². The van der Waals surface area contributed by atoms with Crippen LogP contribution in [0, 0.1) is 5.82 Å². The van der Waals surface area contributed by atoms with Crippen molar-refractivity contribution in [2.45, 2.75) is 31.5 Å². The predicted octanol–water partition coefficient (Wildman–Crippen LogP) is 5.23. The summed E-state index contributed by atoms with van der Waals surface area (Å²) >= 11 is 0. The molecule has 0 bridgehead atoms. The maximum Gasteiger partial charge on any atom is 0.416 e. The van der Waals surface area contributed by atoms with Crippen molar-refractivity contribution in [3.05, 3.63) is 76.9 Å². The number of carbonyl (C=O) groups is 2. The van der Waals surface area contributed by atoms with Crippen molar-refractivity contribution in [3.63, 3.8) is 0 Å². The molecule has 1 unspecified atom stereocenters. The summed E-state index contributed by atoms with van der Waals surface area (Å²) in [6.07, 6.45) is -2.85. The van der Waals surface area contributed by atoms with Gasteiger partial charge in [0, 0.05) is 0 Å². The van der Waals surface area contributed by atoms with Crippen LogP contribution in [0.25, 0.3) is 0 Å². The number of ether oxygens (including phenoxy) is 1. The minimum Gasteiger partial charge on any atom is -0.497 e. The molecule has 0 aliphatic carbocycles. The Hall–Kier alpha value is -3.69. The summed E-state index contributed by atoms with van der Waals surface area (Å²) in [7, 11) is 1.38. The van der Waals surface area contributed by atoms with Gasteiger partial charge in [-0.2, -0.15) is 18.3 Å². The van der Waals surface area contributed by atoms with E-state index in [1.807, 2.05) is 6.92 Å². The van der Waals surface area contributed by atoms with E-state index in [4.69, 9.17) is 4.74 Å². The van der Waals surface area contributed by atoms with Crippen LogP contribution in [0.2, 0.25) is 0 Å². The van der Waals surface area contributed by atoms with Crippen LogP contribution >= 0.6 is 0 Å². The van der Waals surface area contributed by atoms with E-state index in [-0.39, 0.29) is 28.7 Å². The number of nitrogens with one attached hydrogen (secondary N) is 1. The lowest BCUT2D eigenvalue weighted by atomic mass is 9.84. The molecule has 1 aromatic heterocycles. The highest BCUT2D eigenvalue weighted by atomic mass is 19.4. The van der Waals surface area contributed by atoms with E-state index in [0.717, 1.165) is 18.2 Å². The molecule has 0 saturated carbocycles. The second-order valence-electron chi connectivity index (χ2n) is 7.77. The van der Waals surface area contributed by atoms with Crippen LogP contribution in [-0.2, 0) is 6.18 Å². The van der Waals surface area contributed by atoms with Crippen LogP contribution in [0.15, 0.2) is 48.7 Å². The third-order valence-corrected chi connectivity index (χ3v) is 5.65. The average Bonchev–Trinajstić information content (AvgIpc) is 3.20. The molecule has 172 valence electrons. The minimum atomic E-state index is -4.48. The number of nitrogens with zero attached hydrogens (tertiary/aromatic N) is 2. The van der Waals surface area contributed by atoms with Crippen molar-refractivity contribution in [1.29, 1.82) is 0 Å². The first-order chi connectivity index (χ1) is 15.6. The van der Waals surface area contributed by atoms with Crippen LogP contribution in [-0.4, -0.2) is 28.6 Å². The van der Waals surface area contributed by atoms with E-state index in [9.17, 15) is 27.2 Å². The fraction of sp³-hybridized carbons (Fsp3) is 0.261. The van der Waals surface area contributed by atoms with Crippen molar-refractivity contribution < 1.29 is 31.9 Å². The number of hydrogen-bond acceptors (Lipinski definition) is 4. The molecule has 33 heavy (non-hydrogen) atoms. The van der Waals surface area contributed by atoms with Gasteiger partial charge in [0.2, 0.25) is 0 Å². The number of fused-ring (bicyclic) bond motifs is 1. The molecule has 1 aliphatic rings. The lowest BCUT2D eigenvalue weighted by molar-refractivity contribution is -0.137. The third kappa shape index (κ3) is 4.20. The number of methoxy groups -OCH3 is 1. The highest BCUT2D eigenvalue weighted by Crippen LogP contribution is 2.39. The Kier molecular flexibility index (Phi) is 5.69. The molecular weight excluding hydrogens is 442 g/mol. The number of carbonyl (C=O) groups excluding carboxylic acids is 2. The third-order valence-electron chi connectivity index (χ3n) is 5.65. The van der Waals surface area contributed by atoms with Gasteiger partial charge in [-0.1, -0.05) is 12.1 Å². The van der Waals surface area contributed by atoms with E-state index in [0.29, 0.717) is 12.0 Å². The molecule has 2 heterocycles. The van der Waals surface area contributed by atoms with Crippen molar-refractivity contribution in [1.82, 2.24) is 9.78 Å². The summed E-state index contributed by atoms with van der Waals surface area (Å²) in [5.41, 5.74) is -0.444. The quantitative estimate of drug-likeness (QED) is 0.540. The number of alkyl halides is 3. The van der Waals surface area contributed by atoms with Crippen molar-refractivity contribution in [2.24, 2.45) is 0 Å². The summed E-state index contributed by atoms with van der Waals surface area (Å²) < 4.78 is 59.3. The number of rotatable bonds is 4. The second-order valence-corrected chi connectivity index (χ2v) is 7.77. The molecule has 3 aromatic rings. The van der Waals surface area contributed by atoms with Gasteiger partial charge in [0.1, 0.15) is 17.3 Å². The predicted molar refractivity (Wildman–Crippen MR) is 111 cm³/mol. The molecular formula is C23H19F4N3O3. The number of aromatic nitrogens is 2. The van der Waals surface area contributed by atoms with Gasteiger partial charge < -0.3 is 10.1 Å². The Labute approximate surface area is 186 Å². The molecule has 0 saturated heterocycles. The van der Waals surface area contributed by atoms with Gasteiger partial charge in [0.15, 0.2) is 5.78 Å². The van der Waals surface area contributed by atoms with Gasteiger partial charge in [-0.25, -0.2) is 4.39 Å². The molecule has 1 aliphatic heterocycles. The second kappa shape index (κ2) is 8.34. The van der Waals surface area contributed by atoms with Gasteiger partial charge in [-0.15, -0.1) is 0 Å². The summed E-state index contributed by atoms with van der Waals surface area (Å²) in [5, 5.41) is 6.70. The van der Waals surface area contributed by atoms with Crippen LogP contribution in [0.5, 0.6) is 5.75 Å². The number of halogens is 4. The monoisotopic (exact) mass is 461 g/mol. The first kappa shape index (κ1) is 22.5. The summed E-state index contributed by atoms with van der Waals surface area (Å²) in [6, 6.07) is 7.88. The molecule has 0 radical (unpaired) electrons. The largest absolute Gasteiger partial charge is 0.497 e. The molecule has 0 fully saturated rings. The van der Waals surface area contributed by atoms with Crippen molar-refractivity contribution in [3.8, 4) is 5.75 Å². The normalized spacial score (nSPS) is 18.1. The van der Waals surface area contributed by atoms with Crippen LogP contribution in [0.4, 0.5) is 23.2 Å². The van der Waals surface area contributed by atoms with Crippen molar-refractivity contribution in [2.75, 3.05) is 12.4 Å². The summed E-state index contributed by atoms with van der Waals surface area (Å²) in [5.74, 6) is -2.39. The molecule has 6 nitrogen and oxygen atoms in total. The summed E-state index contributed by atoms with van der Waals surface area (Å²) in [6.45, 7) is 1.81. The Balaban J connectivity index is 1.64. The van der Waals surface area contributed by atoms with Crippen molar-refractivity contribution >= 4 is 17.4 Å². The topological polar surface area (TPSA) is 73.2 Å². The zero-order chi connectivity index (χ0) is 23.9. The Morgan fingerprint density at radius 1 is 1.18 bits per heavy atom. The molecule has 4 rings (SSSR count). The Bertz CT molecular complexity index is 1220. The van der Waals surface area contributed by atoms with Gasteiger partial charge in [-0.05, 0) is 49.2 Å². The van der Waals surface area contributed by atoms with Gasteiger partial charge in [0.05, 0.1) is 42.1 Å². The first-order valence-corrected chi connectivity index (χ1v) is 10.0. The zero-order valence-electron chi connectivity index (χ0n) is 17.6. The molecule has 2 aromatic carbocycles. The average molecular weight is 461 g/mol. The highest BCUT2D eigenvalue weighted by molar-refractivity contribution is 6.10. The van der Waals surface area contributed by atoms with Gasteiger partial charge in [-0.3, -0.25) is 14.3 Å². The molecule has 1 amide bonds. The summed E-state index contributed by atoms with van der Waals surface area (Å²) in [4.78, 5) is 26.0. The number of hydrogen-bond donors (Lipinski definition) is 1. The van der Waals surface area contributed by atoms with E-state index < -0.39 is 35.2 Å². The van der Waals surface area contributed by atoms with E-state index in [2.05, 4.69) is 10.4 Å². The molecule has 10 heteroatoms. The fourth-order valence-corrected chi connectivity index (χ4v) is 3.93. The molecule has 0 spiro atoms. The van der Waals surface area contributed by atoms with E-state index in [1.54, 1.807) is 0 Å². The lowest BCUT2D eigenvalue weighted by Crippen LogP contribution is -2.29.